The maximum Gasteiger partial charge on any atom is 0.261 e. The lowest BCUT2D eigenvalue weighted by Gasteiger charge is -2.06. The van der Waals surface area contributed by atoms with E-state index in [9.17, 15) is 4.39 Å². The fourth-order valence-electron chi connectivity index (χ4n) is 1.40. The van der Waals surface area contributed by atoms with Crippen LogP contribution in [0.15, 0.2) is 31.1 Å². The quantitative estimate of drug-likeness (QED) is 0.659. The van der Waals surface area contributed by atoms with E-state index in [4.69, 9.17) is 15.6 Å². The van der Waals surface area contributed by atoms with E-state index in [1.807, 2.05) is 6.92 Å². The molecule has 0 spiro atoms. The standard InChI is InChI=1S/C12H11BrFN3OS/c1-5-6(2)18-12(17-5)19-8-4-3-7(11(15)16)9(13)10(8)14/h3-4H,1-2H3,(H3,15,16). The highest BCUT2D eigenvalue weighted by Gasteiger charge is 2.16. The van der Waals surface area contributed by atoms with Gasteiger partial charge in [-0.1, -0.05) is 0 Å². The second kappa shape index (κ2) is 5.34. The first-order chi connectivity index (χ1) is 8.90. The lowest BCUT2D eigenvalue weighted by atomic mass is 10.2. The normalized spacial score (nSPS) is 10.7. The second-order valence-electron chi connectivity index (χ2n) is 3.88. The third-order valence-corrected chi connectivity index (χ3v) is 4.20. The van der Waals surface area contributed by atoms with Gasteiger partial charge in [0.1, 0.15) is 11.6 Å². The molecular weight excluding hydrogens is 333 g/mol. The average molecular weight is 344 g/mol. The Morgan fingerprint density at radius 1 is 1.47 bits per heavy atom. The van der Waals surface area contributed by atoms with Crippen LogP contribution in [0, 0.1) is 25.1 Å². The Balaban J connectivity index is 2.36. The number of rotatable bonds is 3. The smallest absolute Gasteiger partial charge is 0.261 e. The number of aryl methyl sites for hydroxylation is 2. The van der Waals surface area contributed by atoms with E-state index in [0.717, 1.165) is 17.5 Å². The van der Waals surface area contributed by atoms with Crippen molar-refractivity contribution in [3.8, 4) is 0 Å². The van der Waals surface area contributed by atoms with Crippen molar-refractivity contribution in [1.29, 1.82) is 5.41 Å². The zero-order valence-corrected chi connectivity index (χ0v) is 12.7. The maximum absolute atomic E-state index is 14.1. The first-order valence-corrected chi connectivity index (χ1v) is 6.95. The zero-order valence-electron chi connectivity index (χ0n) is 10.3. The summed E-state index contributed by atoms with van der Waals surface area (Å²) in [5.74, 6) is 0.0404. The van der Waals surface area contributed by atoms with Gasteiger partial charge in [0.25, 0.3) is 5.22 Å². The van der Waals surface area contributed by atoms with Crippen LogP contribution in [0.2, 0.25) is 0 Å². The molecule has 0 aliphatic carbocycles. The van der Waals surface area contributed by atoms with Gasteiger partial charge in [0.05, 0.1) is 15.1 Å². The molecule has 2 aromatic rings. The minimum absolute atomic E-state index is 0.171. The zero-order chi connectivity index (χ0) is 14.2. The molecule has 0 bridgehead atoms. The van der Waals surface area contributed by atoms with Crippen molar-refractivity contribution in [1.82, 2.24) is 4.98 Å². The molecule has 0 atom stereocenters. The van der Waals surface area contributed by atoms with Crippen molar-refractivity contribution >= 4 is 33.5 Å². The van der Waals surface area contributed by atoms with Crippen LogP contribution in [-0.4, -0.2) is 10.8 Å². The molecule has 0 radical (unpaired) electrons. The molecule has 2 rings (SSSR count). The van der Waals surface area contributed by atoms with Gasteiger partial charge >= 0.3 is 0 Å². The minimum atomic E-state index is -0.480. The van der Waals surface area contributed by atoms with Crippen molar-refractivity contribution in [2.45, 2.75) is 24.0 Å². The van der Waals surface area contributed by atoms with E-state index >= 15 is 0 Å². The Morgan fingerprint density at radius 3 is 2.68 bits per heavy atom. The maximum atomic E-state index is 14.1. The van der Waals surface area contributed by atoms with Gasteiger partial charge in [-0.25, -0.2) is 9.37 Å². The number of oxazole rings is 1. The summed E-state index contributed by atoms with van der Waals surface area (Å²) in [7, 11) is 0. The highest BCUT2D eigenvalue weighted by atomic mass is 79.9. The fraction of sp³-hybridized carbons (Fsp3) is 0.167. The largest absolute Gasteiger partial charge is 0.436 e. The number of hydrogen-bond donors (Lipinski definition) is 2. The van der Waals surface area contributed by atoms with E-state index in [1.54, 1.807) is 19.1 Å². The second-order valence-corrected chi connectivity index (χ2v) is 5.66. The molecule has 1 aromatic carbocycles. The van der Waals surface area contributed by atoms with Crippen LogP contribution in [0.3, 0.4) is 0 Å². The molecule has 1 aromatic heterocycles. The summed E-state index contributed by atoms with van der Waals surface area (Å²) in [6.45, 7) is 3.63. The summed E-state index contributed by atoms with van der Waals surface area (Å²) in [4.78, 5) is 4.54. The molecular formula is C12H11BrFN3OS. The summed E-state index contributed by atoms with van der Waals surface area (Å²) >= 11 is 4.19. The predicted octanol–water partition coefficient (Wildman–Crippen LogP) is 3.63. The van der Waals surface area contributed by atoms with Crippen molar-refractivity contribution in [2.75, 3.05) is 0 Å². The number of nitrogens with zero attached hydrogens (tertiary/aromatic N) is 1. The van der Waals surface area contributed by atoms with Crippen LogP contribution in [-0.2, 0) is 0 Å². The molecule has 100 valence electrons. The SMILES string of the molecule is Cc1nc(Sc2ccc(C(=N)N)c(Br)c2F)oc1C. The van der Waals surface area contributed by atoms with Gasteiger partial charge in [-0.3, -0.25) is 5.41 Å². The highest BCUT2D eigenvalue weighted by Crippen LogP contribution is 2.34. The van der Waals surface area contributed by atoms with E-state index in [1.165, 1.54) is 0 Å². The molecule has 0 saturated carbocycles. The number of nitrogens with two attached hydrogens (primary N) is 1. The summed E-state index contributed by atoms with van der Waals surface area (Å²) < 4.78 is 19.7. The molecule has 0 aliphatic heterocycles. The van der Waals surface area contributed by atoms with E-state index in [0.29, 0.717) is 21.4 Å². The van der Waals surface area contributed by atoms with Crippen LogP contribution in [0.5, 0.6) is 0 Å². The molecule has 3 N–H and O–H groups in total. The Hall–Kier alpha value is -1.34. The predicted molar refractivity (Wildman–Crippen MR) is 75.2 cm³/mol. The molecule has 7 heteroatoms. The Morgan fingerprint density at radius 2 is 2.16 bits per heavy atom. The van der Waals surface area contributed by atoms with E-state index in [2.05, 4.69) is 20.9 Å². The minimum Gasteiger partial charge on any atom is -0.436 e. The molecule has 0 aliphatic rings. The van der Waals surface area contributed by atoms with Crippen LogP contribution in [0.25, 0.3) is 0 Å². The third kappa shape index (κ3) is 2.82. The van der Waals surface area contributed by atoms with Gasteiger partial charge in [0.15, 0.2) is 5.82 Å². The van der Waals surface area contributed by atoms with Crippen molar-refractivity contribution in [2.24, 2.45) is 5.73 Å². The van der Waals surface area contributed by atoms with Crippen LogP contribution < -0.4 is 5.73 Å². The summed E-state index contributed by atoms with van der Waals surface area (Å²) in [6, 6.07) is 3.14. The highest BCUT2D eigenvalue weighted by molar-refractivity contribution is 9.10. The van der Waals surface area contributed by atoms with Crippen molar-refractivity contribution in [3.63, 3.8) is 0 Å². The molecule has 0 saturated heterocycles. The van der Waals surface area contributed by atoms with Gasteiger partial charge in [-0.2, -0.15) is 0 Å². The summed E-state index contributed by atoms with van der Waals surface area (Å²) in [5.41, 5.74) is 6.46. The first kappa shape index (κ1) is 14.1. The monoisotopic (exact) mass is 343 g/mol. The van der Waals surface area contributed by atoms with E-state index in [-0.39, 0.29) is 10.3 Å². The number of benzene rings is 1. The summed E-state index contributed by atoms with van der Waals surface area (Å²) in [6.07, 6.45) is 0. The van der Waals surface area contributed by atoms with Crippen LogP contribution in [0.4, 0.5) is 4.39 Å². The lowest BCUT2D eigenvalue weighted by molar-refractivity contribution is 0.430. The van der Waals surface area contributed by atoms with Crippen LogP contribution >= 0.6 is 27.7 Å². The molecule has 4 nitrogen and oxygen atoms in total. The molecule has 0 unspecified atom stereocenters. The van der Waals surface area contributed by atoms with Crippen LogP contribution in [0.1, 0.15) is 17.0 Å². The van der Waals surface area contributed by atoms with Gasteiger partial charge < -0.3 is 10.2 Å². The van der Waals surface area contributed by atoms with Gasteiger partial charge in [0, 0.05) is 5.56 Å². The first-order valence-electron chi connectivity index (χ1n) is 5.34. The topological polar surface area (TPSA) is 75.9 Å². The number of hydrogen-bond acceptors (Lipinski definition) is 4. The summed E-state index contributed by atoms with van der Waals surface area (Å²) in [5, 5.41) is 7.72. The molecule has 0 amide bonds. The Kier molecular flexibility index (Phi) is 3.96. The third-order valence-electron chi connectivity index (χ3n) is 2.54. The number of amidine groups is 1. The van der Waals surface area contributed by atoms with Gasteiger partial charge in [-0.15, -0.1) is 0 Å². The van der Waals surface area contributed by atoms with Crippen molar-refractivity contribution in [3.05, 3.63) is 39.4 Å². The van der Waals surface area contributed by atoms with Gasteiger partial charge in [0.2, 0.25) is 0 Å². The van der Waals surface area contributed by atoms with E-state index < -0.39 is 5.82 Å². The fourth-order valence-corrected chi connectivity index (χ4v) is 2.96. The Labute approximate surface area is 122 Å². The van der Waals surface area contributed by atoms with Gasteiger partial charge in [-0.05, 0) is 53.7 Å². The number of nitrogens with one attached hydrogen (secondary N) is 1. The number of aromatic nitrogens is 1. The lowest BCUT2D eigenvalue weighted by Crippen LogP contribution is -2.12. The molecule has 19 heavy (non-hydrogen) atoms. The Bertz CT molecular complexity index is 637. The number of halogens is 2. The molecule has 0 fully saturated rings. The average Bonchev–Trinajstić information content (AvgIpc) is 2.64. The van der Waals surface area contributed by atoms with Crippen molar-refractivity contribution < 1.29 is 8.81 Å². The molecule has 1 heterocycles. The number of nitrogen functional groups attached to an aromatic ring is 1.